The summed E-state index contributed by atoms with van der Waals surface area (Å²) in [4.78, 5) is 44.6. The van der Waals surface area contributed by atoms with E-state index in [1.165, 1.54) is 19.2 Å². The summed E-state index contributed by atoms with van der Waals surface area (Å²) in [6, 6.07) is 29.2. The fourth-order valence-corrected chi connectivity index (χ4v) is 5.23. The van der Waals surface area contributed by atoms with Crippen molar-refractivity contribution in [1.82, 2.24) is 0 Å². The summed E-state index contributed by atoms with van der Waals surface area (Å²) in [6.45, 7) is 0. The molecule has 4 aromatic rings. The van der Waals surface area contributed by atoms with E-state index in [1.807, 2.05) is 30.3 Å². The summed E-state index contributed by atoms with van der Waals surface area (Å²) < 4.78 is 44.7. The normalized spacial score (nSPS) is 13.3. The second-order valence-corrected chi connectivity index (χ2v) is 11.1. The number of ether oxygens (including phenoxy) is 1. The second-order valence-electron chi connectivity index (χ2n) is 9.47. The molecule has 6 nitrogen and oxygen atoms in total. The van der Waals surface area contributed by atoms with Gasteiger partial charge >= 0.3 is 19.2 Å². The standard InChI is InChI=1S/C31H27F2O6P/c1-39-29(35)25-16-12-22(13-17-25)20-30(26-10-6-3-7-11-26,28(34)24-8-4-2-5-9-24)21-23-14-18-27(19-15-23)31(32,33)40(36,37)38/h2-19H,20-21H2,1H3,(H2,36,37,38). The molecule has 4 rings (SSSR count). The van der Waals surface area contributed by atoms with Gasteiger partial charge in [0.05, 0.1) is 18.1 Å². The van der Waals surface area contributed by atoms with E-state index < -0.39 is 30.2 Å². The SMILES string of the molecule is COC(=O)c1ccc(CC(Cc2ccc(C(F)(F)P(=O)(O)O)cc2)(C(=O)c2ccccc2)c2ccccc2)cc1. The van der Waals surface area contributed by atoms with Crippen LogP contribution in [-0.2, 0) is 33.2 Å². The lowest BCUT2D eigenvalue weighted by Crippen LogP contribution is -2.40. The molecule has 0 spiro atoms. The minimum atomic E-state index is -5.73. The summed E-state index contributed by atoms with van der Waals surface area (Å²) in [5, 5.41) is 0. The molecule has 1 atom stereocenters. The average molecular weight is 565 g/mol. The van der Waals surface area contributed by atoms with Crippen LogP contribution in [0.1, 0.15) is 43.0 Å². The van der Waals surface area contributed by atoms with E-state index in [9.17, 15) is 22.9 Å². The number of benzene rings is 4. The molecule has 0 aliphatic carbocycles. The van der Waals surface area contributed by atoms with Crippen LogP contribution in [0.15, 0.2) is 109 Å². The highest BCUT2D eigenvalue weighted by atomic mass is 31.2. The third kappa shape index (κ3) is 5.94. The van der Waals surface area contributed by atoms with Gasteiger partial charge in [-0.25, -0.2) is 4.79 Å². The molecule has 0 amide bonds. The van der Waals surface area contributed by atoms with E-state index >= 15 is 0 Å². The van der Waals surface area contributed by atoms with Crippen molar-refractivity contribution in [3.05, 3.63) is 143 Å². The molecule has 206 valence electrons. The van der Waals surface area contributed by atoms with Crippen LogP contribution < -0.4 is 0 Å². The first-order chi connectivity index (χ1) is 19.0. The van der Waals surface area contributed by atoms with E-state index in [0.717, 1.165) is 17.7 Å². The van der Waals surface area contributed by atoms with Crippen molar-refractivity contribution in [2.24, 2.45) is 0 Å². The summed E-state index contributed by atoms with van der Waals surface area (Å²) in [5.41, 5.74) is -3.57. The molecule has 0 bridgehead atoms. The Kier molecular flexibility index (Phi) is 8.45. The third-order valence-corrected chi connectivity index (χ3v) is 7.84. The molecule has 9 heteroatoms. The van der Waals surface area contributed by atoms with Crippen LogP contribution in [0, 0.1) is 0 Å². The lowest BCUT2D eigenvalue weighted by Gasteiger charge is -2.34. The van der Waals surface area contributed by atoms with Crippen LogP contribution in [-0.4, -0.2) is 28.6 Å². The minimum Gasteiger partial charge on any atom is -0.465 e. The maximum atomic E-state index is 14.4. The number of rotatable bonds is 10. The number of hydrogen-bond acceptors (Lipinski definition) is 4. The van der Waals surface area contributed by atoms with E-state index in [2.05, 4.69) is 0 Å². The summed E-state index contributed by atoms with van der Waals surface area (Å²) in [5.74, 6) is -0.686. The maximum absolute atomic E-state index is 14.4. The maximum Gasteiger partial charge on any atom is 0.399 e. The Morgan fingerprint density at radius 3 is 1.65 bits per heavy atom. The predicted octanol–water partition coefficient (Wildman–Crippen LogP) is 6.31. The van der Waals surface area contributed by atoms with Crippen LogP contribution in [0.25, 0.3) is 0 Å². The molecule has 4 aromatic carbocycles. The molecule has 0 saturated carbocycles. The summed E-state index contributed by atoms with van der Waals surface area (Å²) in [7, 11) is -4.44. The van der Waals surface area contributed by atoms with Crippen LogP contribution in [0.3, 0.4) is 0 Å². The van der Waals surface area contributed by atoms with Gasteiger partial charge in [0.15, 0.2) is 5.78 Å². The fourth-order valence-electron chi connectivity index (χ4n) is 4.75. The Balaban J connectivity index is 1.84. The van der Waals surface area contributed by atoms with Crippen LogP contribution in [0.5, 0.6) is 0 Å². The fraction of sp³-hybridized carbons (Fsp3) is 0.161. The van der Waals surface area contributed by atoms with Gasteiger partial charge in [-0.1, -0.05) is 97.1 Å². The molecule has 40 heavy (non-hydrogen) atoms. The Morgan fingerprint density at radius 1 is 0.700 bits per heavy atom. The number of alkyl halides is 2. The quantitative estimate of drug-likeness (QED) is 0.133. The highest BCUT2D eigenvalue weighted by molar-refractivity contribution is 7.52. The number of methoxy groups -OCH3 is 1. The topological polar surface area (TPSA) is 101 Å². The van der Waals surface area contributed by atoms with Gasteiger partial charge in [-0.15, -0.1) is 0 Å². The van der Waals surface area contributed by atoms with Gasteiger partial charge < -0.3 is 14.5 Å². The number of halogens is 2. The van der Waals surface area contributed by atoms with Gasteiger partial charge in [-0.2, -0.15) is 8.78 Å². The van der Waals surface area contributed by atoms with Crippen molar-refractivity contribution < 1.29 is 37.5 Å². The van der Waals surface area contributed by atoms with Crippen LogP contribution in [0.4, 0.5) is 8.78 Å². The number of hydrogen-bond donors (Lipinski definition) is 2. The Bertz CT molecular complexity index is 1520. The van der Waals surface area contributed by atoms with Crippen molar-refractivity contribution in [3.8, 4) is 0 Å². The zero-order chi connectivity index (χ0) is 29.0. The zero-order valence-corrected chi connectivity index (χ0v) is 22.4. The van der Waals surface area contributed by atoms with Gasteiger partial charge in [-0.3, -0.25) is 9.36 Å². The highest BCUT2D eigenvalue weighted by Gasteiger charge is 2.50. The molecular formula is C31H27F2O6P. The van der Waals surface area contributed by atoms with Gasteiger partial charge in [0, 0.05) is 11.1 Å². The van der Waals surface area contributed by atoms with Crippen molar-refractivity contribution in [1.29, 1.82) is 0 Å². The van der Waals surface area contributed by atoms with Crippen molar-refractivity contribution >= 4 is 19.3 Å². The Labute approximate surface area is 230 Å². The van der Waals surface area contributed by atoms with E-state index in [0.29, 0.717) is 22.3 Å². The molecule has 2 N–H and O–H groups in total. The van der Waals surface area contributed by atoms with Crippen molar-refractivity contribution in [3.63, 3.8) is 0 Å². The number of carbonyl (C=O) groups is 2. The molecule has 0 radical (unpaired) electrons. The average Bonchev–Trinajstić information content (AvgIpc) is 2.97. The number of carbonyl (C=O) groups excluding carboxylic acids is 2. The first-order valence-corrected chi connectivity index (χ1v) is 13.9. The third-order valence-electron chi connectivity index (χ3n) is 6.85. The predicted molar refractivity (Wildman–Crippen MR) is 146 cm³/mol. The zero-order valence-electron chi connectivity index (χ0n) is 21.5. The van der Waals surface area contributed by atoms with Crippen molar-refractivity contribution in [2.75, 3.05) is 7.11 Å². The minimum absolute atomic E-state index is 0.102. The van der Waals surface area contributed by atoms with Crippen molar-refractivity contribution in [2.45, 2.75) is 23.9 Å². The lowest BCUT2D eigenvalue weighted by atomic mass is 9.67. The summed E-state index contributed by atoms with van der Waals surface area (Å²) >= 11 is 0. The van der Waals surface area contributed by atoms with Gasteiger partial charge in [0.1, 0.15) is 0 Å². The lowest BCUT2D eigenvalue weighted by molar-refractivity contribution is 0.0564. The first-order valence-electron chi connectivity index (χ1n) is 12.3. The van der Waals surface area contributed by atoms with Gasteiger partial charge in [-0.05, 0) is 41.7 Å². The van der Waals surface area contributed by atoms with Crippen LogP contribution >= 0.6 is 7.60 Å². The number of esters is 1. The molecule has 0 heterocycles. The van der Waals surface area contributed by atoms with E-state index in [1.54, 1.807) is 54.6 Å². The number of ketones is 1. The molecule has 0 aliphatic heterocycles. The van der Waals surface area contributed by atoms with Gasteiger partial charge in [0.25, 0.3) is 0 Å². The molecule has 1 unspecified atom stereocenters. The summed E-state index contributed by atoms with van der Waals surface area (Å²) in [6.07, 6.45) is 0.317. The second kappa shape index (κ2) is 11.6. The van der Waals surface area contributed by atoms with E-state index in [-0.39, 0.29) is 18.6 Å². The first kappa shape index (κ1) is 29.0. The highest BCUT2D eigenvalue weighted by Crippen LogP contribution is 2.59. The molecular weight excluding hydrogens is 537 g/mol. The van der Waals surface area contributed by atoms with Gasteiger partial charge in [0.2, 0.25) is 0 Å². The van der Waals surface area contributed by atoms with Crippen LogP contribution in [0.2, 0.25) is 0 Å². The number of Topliss-reactive ketones (excluding diaryl/α,β-unsaturated/α-hetero) is 1. The Hall–Kier alpha value is -3.97. The van der Waals surface area contributed by atoms with E-state index in [4.69, 9.17) is 14.5 Å². The largest absolute Gasteiger partial charge is 0.465 e. The molecule has 0 aromatic heterocycles. The molecule has 0 saturated heterocycles. The Morgan fingerprint density at radius 2 is 1.18 bits per heavy atom. The smallest absolute Gasteiger partial charge is 0.399 e. The molecule has 0 aliphatic rings. The molecule has 0 fully saturated rings. The monoisotopic (exact) mass is 564 g/mol.